The number of hydrogen-bond acceptors (Lipinski definition) is 5. The molecule has 6 rings (SSSR count). The number of nitrogens with zero attached hydrogens (tertiary/aromatic N) is 4. The summed E-state index contributed by atoms with van der Waals surface area (Å²) in [5.41, 5.74) is 5.03. The first-order chi connectivity index (χ1) is 21.0. The number of likely N-dealkylation sites (tertiary alicyclic amines) is 1. The minimum Gasteiger partial charge on any atom is -0.336 e. The lowest BCUT2D eigenvalue weighted by molar-refractivity contribution is -0.145. The smallest absolute Gasteiger partial charge is 0.290 e. The van der Waals surface area contributed by atoms with Gasteiger partial charge in [-0.2, -0.15) is 0 Å². The molecule has 2 aliphatic rings. The molecule has 0 radical (unpaired) electrons. The fourth-order valence-corrected chi connectivity index (χ4v) is 6.11. The van der Waals surface area contributed by atoms with E-state index >= 15 is 0 Å². The van der Waals surface area contributed by atoms with Crippen molar-refractivity contribution in [3.8, 4) is 22.5 Å². The number of hydrogen-bond donors (Lipinski definition) is 0. The second kappa shape index (κ2) is 13.1. The number of carbonyl (C=O) groups excluding carboxylic acids is 3. The minimum atomic E-state index is -0.375. The van der Waals surface area contributed by atoms with E-state index in [9.17, 15) is 14.4 Å². The zero-order valence-corrected chi connectivity index (χ0v) is 24.3. The lowest BCUT2D eigenvalue weighted by Gasteiger charge is -2.42. The highest BCUT2D eigenvalue weighted by molar-refractivity contribution is 6.36. The van der Waals surface area contributed by atoms with Gasteiger partial charge in [0.05, 0.1) is 11.4 Å². The second-order valence-electron chi connectivity index (χ2n) is 11.3. The molecule has 3 heterocycles. The molecule has 0 unspecified atom stereocenters. The standard InChI is InChI=1S/C36H36N4O3/c41-34(24-27-10-4-1-5-11-27)36(43)39-18-16-31(17-19-39)38-20-22-40(23-21-38)35(42)30-25-32(28-12-6-2-7-13-28)37-33(26-30)29-14-8-3-9-15-29/h1-15,25-26,31H,16-24H2. The fraction of sp³-hybridized carbons (Fsp3) is 0.278. The molecule has 1 aromatic heterocycles. The Hall–Kier alpha value is -4.62. The quantitative estimate of drug-likeness (QED) is 0.292. The highest BCUT2D eigenvalue weighted by atomic mass is 16.2. The van der Waals surface area contributed by atoms with E-state index in [-0.39, 0.29) is 24.0 Å². The summed E-state index contributed by atoms with van der Waals surface area (Å²) in [5, 5.41) is 0. The van der Waals surface area contributed by atoms with Gasteiger partial charge in [-0.1, -0.05) is 91.0 Å². The Labute approximate surface area is 252 Å². The number of amides is 2. The van der Waals surface area contributed by atoms with Crippen LogP contribution in [0, 0.1) is 0 Å². The molecule has 0 N–H and O–H groups in total. The Balaban J connectivity index is 1.06. The van der Waals surface area contributed by atoms with Crippen molar-refractivity contribution in [1.29, 1.82) is 0 Å². The summed E-state index contributed by atoms with van der Waals surface area (Å²) >= 11 is 0. The third kappa shape index (κ3) is 6.73. The highest BCUT2D eigenvalue weighted by Gasteiger charge is 2.32. The summed E-state index contributed by atoms with van der Waals surface area (Å²) < 4.78 is 0. The van der Waals surface area contributed by atoms with E-state index in [1.807, 2.05) is 108 Å². The Morgan fingerprint density at radius 3 is 1.67 bits per heavy atom. The van der Waals surface area contributed by atoms with Crippen molar-refractivity contribution in [3.63, 3.8) is 0 Å². The van der Waals surface area contributed by atoms with Crippen LogP contribution >= 0.6 is 0 Å². The van der Waals surface area contributed by atoms with Crippen molar-refractivity contribution in [2.24, 2.45) is 0 Å². The molecule has 2 saturated heterocycles. The molecule has 2 aliphatic heterocycles. The lowest BCUT2D eigenvalue weighted by atomic mass is 10.0. The van der Waals surface area contributed by atoms with Gasteiger partial charge in [0, 0.05) is 68.4 Å². The Kier molecular flexibility index (Phi) is 8.70. The highest BCUT2D eigenvalue weighted by Crippen LogP contribution is 2.26. The average Bonchev–Trinajstić information content (AvgIpc) is 3.09. The number of carbonyl (C=O) groups is 3. The van der Waals surface area contributed by atoms with Crippen LogP contribution in [0.4, 0.5) is 0 Å². The van der Waals surface area contributed by atoms with E-state index in [0.29, 0.717) is 37.8 Å². The summed E-state index contributed by atoms with van der Waals surface area (Å²) in [6, 6.07) is 33.5. The number of aromatic nitrogens is 1. The molecule has 0 bridgehead atoms. The first-order valence-corrected chi connectivity index (χ1v) is 15.1. The predicted octanol–water partition coefficient (Wildman–Crippen LogP) is 4.98. The fourth-order valence-electron chi connectivity index (χ4n) is 6.11. The molecule has 0 spiro atoms. The Bertz CT molecular complexity index is 1500. The van der Waals surface area contributed by atoms with E-state index in [4.69, 9.17) is 4.98 Å². The zero-order valence-electron chi connectivity index (χ0n) is 24.3. The van der Waals surface area contributed by atoms with Gasteiger partial charge in [-0.05, 0) is 30.5 Å². The van der Waals surface area contributed by atoms with Crippen molar-refractivity contribution < 1.29 is 14.4 Å². The van der Waals surface area contributed by atoms with Crippen molar-refractivity contribution in [1.82, 2.24) is 19.7 Å². The van der Waals surface area contributed by atoms with E-state index in [1.165, 1.54) is 0 Å². The molecule has 7 heteroatoms. The summed E-state index contributed by atoms with van der Waals surface area (Å²) in [5.74, 6) is -0.702. The molecule has 43 heavy (non-hydrogen) atoms. The number of Topliss-reactive ketones (excluding diaryl/α,β-unsaturated/α-hetero) is 1. The minimum absolute atomic E-state index is 0.0220. The molecule has 7 nitrogen and oxygen atoms in total. The first kappa shape index (κ1) is 28.5. The van der Waals surface area contributed by atoms with Crippen LogP contribution in [0.15, 0.2) is 103 Å². The van der Waals surface area contributed by atoms with E-state index < -0.39 is 0 Å². The van der Waals surface area contributed by atoms with E-state index in [1.54, 1.807) is 4.90 Å². The number of benzene rings is 3. The van der Waals surface area contributed by atoms with Gasteiger partial charge >= 0.3 is 0 Å². The maximum atomic E-state index is 13.8. The maximum absolute atomic E-state index is 13.8. The summed E-state index contributed by atoms with van der Waals surface area (Å²) in [6.07, 6.45) is 1.82. The van der Waals surface area contributed by atoms with Crippen molar-refractivity contribution in [3.05, 3.63) is 114 Å². The van der Waals surface area contributed by atoms with E-state index in [0.717, 1.165) is 54.0 Å². The third-order valence-electron chi connectivity index (χ3n) is 8.53. The van der Waals surface area contributed by atoms with Crippen LogP contribution in [0.1, 0.15) is 28.8 Å². The van der Waals surface area contributed by atoms with E-state index in [2.05, 4.69) is 4.90 Å². The number of ketones is 1. The van der Waals surface area contributed by atoms with Crippen molar-refractivity contribution in [2.45, 2.75) is 25.3 Å². The number of piperazine rings is 1. The molecule has 2 amide bonds. The van der Waals surface area contributed by atoms with Crippen molar-refractivity contribution >= 4 is 17.6 Å². The van der Waals surface area contributed by atoms with Gasteiger partial charge in [0.25, 0.3) is 11.8 Å². The number of pyridine rings is 1. The van der Waals surface area contributed by atoms with Gasteiger partial charge in [-0.3, -0.25) is 19.3 Å². The molecular weight excluding hydrogens is 536 g/mol. The molecule has 0 saturated carbocycles. The average molecular weight is 573 g/mol. The molecule has 218 valence electrons. The lowest BCUT2D eigenvalue weighted by Crippen LogP contribution is -2.55. The zero-order chi connectivity index (χ0) is 29.6. The normalized spacial score (nSPS) is 16.2. The number of piperidine rings is 1. The van der Waals surface area contributed by atoms with Crippen LogP contribution in [0.2, 0.25) is 0 Å². The third-order valence-corrected chi connectivity index (χ3v) is 8.53. The van der Waals surface area contributed by atoms with Gasteiger partial charge in [-0.15, -0.1) is 0 Å². The van der Waals surface area contributed by atoms with Gasteiger partial charge in [-0.25, -0.2) is 4.98 Å². The van der Waals surface area contributed by atoms with Crippen LogP contribution < -0.4 is 0 Å². The molecule has 4 aromatic rings. The van der Waals surface area contributed by atoms with Crippen molar-refractivity contribution in [2.75, 3.05) is 39.3 Å². The van der Waals surface area contributed by atoms with Crippen LogP contribution in [-0.2, 0) is 16.0 Å². The van der Waals surface area contributed by atoms with Crippen LogP contribution in [0.25, 0.3) is 22.5 Å². The monoisotopic (exact) mass is 572 g/mol. The summed E-state index contributed by atoms with van der Waals surface area (Å²) in [6.45, 7) is 4.06. The van der Waals surface area contributed by atoms with Gasteiger partial charge in [0.15, 0.2) is 0 Å². The Morgan fingerprint density at radius 2 is 1.14 bits per heavy atom. The SMILES string of the molecule is O=C(Cc1ccccc1)C(=O)N1CCC(N2CCN(C(=O)c3cc(-c4ccccc4)nc(-c4ccccc4)c3)CC2)CC1. The molecule has 3 aromatic carbocycles. The number of rotatable bonds is 7. The topological polar surface area (TPSA) is 73.8 Å². The predicted molar refractivity (Wildman–Crippen MR) is 167 cm³/mol. The van der Waals surface area contributed by atoms with Crippen LogP contribution in [0.3, 0.4) is 0 Å². The largest absolute Gasteiger partial charge is 0.336 e. The summed E-state index contributed by atoms with van der Waals surface area (Å²) in [7, 11) is 0. The van der Waals surface area contributed by atoms with Gasteiger partial charge < -0.3 is 9.80 Å². The maximum Gasteiger partial charge on any atom is 0.290 e. The molecular formula is C36H36N4O3. The summed E-state index contributed by atoms with van der Waals surface area (Å²) in [4.78, 5) is 50.1. The van der Waals surface area contributed by atoms with Crippen LogP contribution in [-0.4, -0.2) is 82.6 Å². The van der Waals surface area contributed by atoms with Crippen LogP contribution in [0.5, 0.6) is 0 Å². The molecule has 0 aliphatic carbocycles. The second-order valence-corrected chi connectivity index (χ2v) is 11.3. The Morgan fingerprint density at radius 1 is 0.628 bits per heavy atom. The van der Waals surface area contributed by atoms with Gasteiger partial charge in [0.2, 0.25) is 5.78 Å². The first-order valence-electron chi connectivity index (χ1n) is 15.1. The van der Waals surface area contributed by atoms with Gasteiger partial charge in [0.1, 0.15) is 0 Å². The molecule has 2 fully saturated rings. The molecule has 0 atom stereocenters.